The van der Waals surface area contributed by atoms with Crippen LogP contribution in [0.25, 0.3) is 0 Å². The molecule has 1 N–H and O–H groups in total. The maximum atomic E-state index is 12.2. The lowest BCUT2D eigenvalue weighted by molar-refractivity contribution is 0.00268. The molecule has 0 aliphatic carbocycles. The number of piperidine rings is 1. The lowest BCUT2D eigenvalue weighted by atomic mass is 9.82. The molecule has 2 aliphatic heterocycles. The molecule has 0 radical (unpaired) electrons. The van der Waals surface area contributed by atoms with Crippen molar-refractivity contribution in [1.82, 2.24) is 10.2 Å². The molecule has 2 fully saturated rings. The Balaban J connectivity index is 1.75. The van der Waals surface area contributed by atoms with Gasteiger partial charge >= 0.3 is 0 Å². The first kappa shape index (κ1) is 9.90. The largest absolute Gasteiger partial charge is 0.469 e. The first-order chi connectivity index (χ1) is 7.77. The summed E-state index contributed by atoms with van der Waals surface area (Å²) in [6.07, 6.45) is 2.78. The van der Waals surface area contributed by atoms with E-state index in [1.807, 2.05) is 11.8 Å². The summed E-state index contributed by atoms with van der Waals surface area (Å²) in [5.74, 6) is 1.55. The summed E-state index contributed by atoms with van der Waals surface area (Å²) in [4.78, 5) is 14.2. The molecular weight excluding hydrogens is 204 g/mol. The Morgan fingerprint density at radius 3 is 3.19 bits per heavy atom. The van der Waals surface area contributed by atoms with Crippen LogP contribution in [0.15, 0.2) is 16.7 Å². The third-order valence-corrected chi connectivity index (χ3v) is 3.77. The number of amides is 1. The number of fused-ring (bicyclic) bond motifs is 1. The molecular formula is C12H16N2O2. The van der Waals surface area contributed by atoms with Gasteiger partial charge in [-0.3, -0.25) is 4.79 Å². The first-order valence-electron chi connectivity index (χ1n) is 5.83. The lowest BCUT2D eigenvalue weighted by Crippen LogP contribution is -2.65. The van der Waals surface area contributed by atoms with Crippen molar-refractivity contribution < 1.29 is 9.21 Å². The molecule has 4 heteroatoms. The molecule has 3 heterocycles. The highest BCUT2D eigenvalue weighted by molar-refractivity contribution is 5.95. The van der Waals surface area contributed by atoms with Crippen LogP contribution in [0.4, 0.5) is 0 Å². The fraction of sp³-hybridized carbons (Fsp3) is 0.583. The highest BCUT2D eigenvalue weighted by atomic mass is 16.3. The zero-order chi connectivity index (χ0) is 11.1. The molecule has 16 heavy (non-hydrogen) atoms. The maximum absolute atomic E-state index is 12.2. The topological polar surface area (TPSA) is 45.5 Å². The summed E-state index contributed by atoms with van der Waals surface area (Å²) in [6, 6.07) is 2.16. The molecule has 0 aromatic carbocycles. The highest BCUT2D eigenvalue weighted by Gasteiger charge is 2.43. The Morgan fingerprint density at radius 1 is 1.62 bits per heavy atom. The van der Waals surface area contributed by atoms with Crippen molar-refractivity contribution in [1.29, 1.82) is 0 Å². The number of nitrogens with zero attached hydrogens (tertiary/aromatic N) is 1. The number of hydrogen-bond acceptors (Lipinski definition) is 3. The van der Waals surface area contributed by atoms with Gasteiger partial charge in [0, 0.05) is 19.1 Å². The van der Waals surface area contributed by atoms with Crippen molar-refractivity contribution in [2.45, 2.75) is 19.4 Å². The van der Waals surface area contributed by atoms with Crippen LogP contribution >= 0.6 is 0 Å². The molecule has 2 unspecified atom stereocenters. The predicted molar refractivity (Wildman–Crippen MR) is 59.2 cm³/mol. The predicted octanol–water partition coefficient (Wildman–Crippen LogP) is 1.02. The molecule has 2 aliphatic rings. The van der Waals surface area contributed by atoms with Crippen LogP contribution in [0.2, 0.25) is 0 Å². The standard InChI is InChI=1S/C12H16N2O2/c1-8-10(3-5-16-8)12(15)14-7-9-2-4-13-6-11(9)14/h3,5,9,11,13H,2,4,6-7H2,1H3. The van der Waals surface area contributed by atoms with E-state index in [-0.39, 0.29) is 5.91 Å². The zero-order valence-electron chi connectivity index (χ0n) is 9.40. The summed E-state index contributed by atoms with van der Waals surface area (Å²) >= 11 is 0. The van der Waals surface area contributed by atoms with Gasteiger partial charge < -0.3 is 14.6 Å². The van der Waals surface area contributed by atoms with Crippen molar-refractivity contribution >= 4 is 5.91 Å². The van der Waals surface area contributed by atoms with Crippen LogP contribution in [-0.4, -0.2) is 36.5 Å². The van der Waals surface area contributed by atoms with Gasteiger partial charge in [0.25, 0.3) is 5.91 Å². The summed E-state index contributed by atoms with van der Waals surface area (Å²) in [7, 11) is 0. The Hall–Kier alpha value is -1.29. The molecule has 2 atom stereocenters. The summed E-state index contributed by atoms with van der Waals surface area (Å²) in [6.45, 7) is 4.78. The Labute approximate surface area is 94.6 Å². The Morgan fingerprint density at radius 2 is 2.50 bits per heavy atom. The summed E-state index contributed by atoms with van der Waals surface area (Å²) in [5.41, 5.74) is 0.712. The average Bonchev–Trinajstić information content (AvgIpc) is 2.66. The summed E-state index contributed by atoms with van der Waals surface area (Å²) < 4.78 is 5.18. The number of aryl methyl sites for hydroxylation is 1. The minimum atomic E-state index is 0.121. The van der Waals surface area contributed by atoms with E-state index >= 15 is 0 Å². The van der Waals surface area contributed by atoms with E-state index in [1.54, 1.807) is 12.3 Å². The Kier molecular flexibility index (Phi) is 2.24. The monoisotopic (exact) mass is 220 g/mol. The molecule has 0 bridgehead atoms. The van der Waals surface area contributed by atoms with E-state index in [9.17, 15) is 4.79 Å². The van der Waals surface area contributed by atoms with Crippen molar-refractivity contribution in [3.63, 3.8) is 0 Å². The summed E-state index contributed by atoms with van der Waals surface area (Å²) in [5, 5.41) is 3.34. The van der Waals surface area contributed by atoms with E-state index in [4.69, 9.17) is 4.42 Å². The average molecular weight is 220 g/mol. The maximum Gasteiger partial charge on any atom is 0.257 e. The molecule has 2 saturated heterocycles. The van der Waals surface area contributed by atoms with Gasteiger partial charge in [-0.05, 0) is 31.9 Å². The lowest BCUT2D eigenvalue weighted by Gasteiger charge is -2.50. The smallest absolute Gasteiger partial charge is 0.257 e. The third-order valence-electron chi connectivity index (χ3n) is 3.77. The second kappa shape index (κ2) is 3.63. The van der Waals surface area contributed by atoms with Crippen molar-refractivity contribution in [2.24, 2.45) is 5.92 Å². The van der Waals surface area contributed by atoms with Gasteiger partial charge in [-0.2, -0.15) is 0 Å². The van der Waals surface area contributed by atoms with E-state index in [2.05, 4.69) is 5.32 Å². The highest BCUT2D eigenvalue weighted by Crippen LogP contribution is 2.31. The van der Waals surface area contributed by atoms with Crippen molar-refractivity contribution in [3.05, 3.63) is 23.7 Å². The number of hydrogen-bond donors (Lipinski definition) is 1. The van der Waals surface area contributed by atoms with Crippen LogP contribution in [0.3, 0.4) is 0 Å². The van der Waals surface area contributed by atoms with Gasteiger partial charge in [0.2, 0.25) is 0 Å². The van der Waals surface area contributed by atoms with Gasteiger partial charge in [-0.15, -0.1) is 0 Å². The second-order valence-electron chi connectivity index (χ2n) is 4.67. The molecule has 0 spiro atoms. The number of carbonyl (C=O) groups excluding carboxylic acids is 1. The van der Waals surface area contributed by atoms with E-state index in [0.717, 1.165) is 25.4 Å². The third kappa shape index (κ3) is 1.37. The number of carbonyl (C=O) groups is 1. The molecule has 1 aromatic rings. The van der Waals surface area contributed by atoms with Crippen LogP contribution in [0, 0.1) is 12.8 Å². The molecule has 0 saturated carbocycles. The number of furan rings is 1. The quantitative estimate of drug-likeness (QED) is 0.768. The fourth-order valence-corrected chi connectivity index (χ4v) is 2.72. The van der Waals surface area contributed by atoms with Crippen LogP contribution in [0.5, 0.6) is 0 Å². The minimum Gasteiger partial charge on any atom is -0.469 e. The molecule has 1 aromatic heterocycles. The van der Waals surface area contributed by atoms with Crippen molar-refractivity contribution in [3.8, 4) is 0 Å². The van der Waals surface area contributed by atoms with Crippen LogP contribution < -0.4 is 5.32 Å². The van der Waals surface area contributed by atoms with Gasteiger partial charge in [0.05, 0.1) is 11.8 Å². The zero-order valence-corrected chi connectivity index (χ0v) is 9.40. The normalized spacial score (nSPS) is 28.4. The van der Waals surface area contributed by atoms with E-state index < -0.39 is 0 Å². The fourth-order valence-electron chi connectivity index (χ4n) is 2.72. The number of rotatable bonds is 1. The second-order valence-corrected chi connectivity index (χ2v) is 4.67. The molecule has 86 valence electrons. The molecule has 1 amide bonds. The van der Waals surface area contributed by atoms with Gasteiger partial charge in [-0.25, -0.2) is 0 Å². The number of nitrogens with one attached hydrogen (secondary N) is 1. The van der Waals surface area contributed by atoms with Crippen molar-refractivity contribution in [2.75, 3.05) is 19.6 Å². The first-order valence-corrected chi connectivity index (χ1v) is 5.83. The molecule has 3 rings (SSSR count). The number of likely N-dealkylation sites (tertiary alicyclic amines) is 1. The van der Waals surface area contributed by atoms with Gasteiger partial charge in [-0.1, -0.05) is 0 Å². The molecule has 4 nitrogen and oxygen atoms in total. The van der Waals surface area contributed by atoms with Crippen LogP contribution in [-0.2, 0) is 0 Å². The van der Waals surface area contributed by atoms with E-state index in [0.29, 0.717) is 17.5 Å². The minimum absolute atomic E-state index is 0.121. The van der Waals surface area contributed by atoms with Gasteiger partial charge in [0.15, 0.2) is 0 Å². The van der Waals surface area contributed by atoms with Gasteiger partial charge in [0.1, 0.15) is 5.76 Å². The van der Waals surface area contributed by atoms with E-state index in [1.165, 1.54) is 6.42 Å². The SMILES string of the molecule is Cc1occc1C(=O)N1CC2CCNCC21. The Bertz CT molecular complexity index is 413. The van der Waals surface area contributed by atoms with Crippen LogP contribution in [0.1, 0.15) is 22.5 Å².